The number of pyridine rings is 2. The van der Waals surface area contributed by atoms with E-state index in [-0.39, 0.29) is 11.5 Å². The van der Waals surface area contributed by atoms with Crippen LogP contribution in [0.5, 0.6) is 0 Å². The lowest BCUT2D eigenvalue weighted by Crippen LogP contribution is -2.36. The second kappa shape index (κ2) is 6.62. The molecule has 0 aromatic carbocycles. The van der Waals surface area contributed by atoms with E-state index in [2.05, 4.69) is 15.1 Å². The SMILES string of the molecule is Cn1cc(C(=O)N2CCCN(c3nnc4ccccn34)CC2)ccc1=O. The van der Waals surface area contributed by atoms with Crippen molar-refractivity contribution in [2.24, 2.45) is 7.05 Å². The van der Waals surface area contributed by atoms with Gasteiger partial charge in [-0.2, -0.15) is 0 Å². The molecule has 0 N–H and O–H groups in total. The normalized spacial score (nSPS) is 15.3. The Hall–Kier alpha value is -3.16. The van der Waals surface area contributed by atoms with Crippen LogP contribution in [-0.2, 0) is 7.05 Å². The molecule has 0 atom stereocenters. The number of hydrogen-bond donors (Lipinski definition) is 0. The number of aromatic nitrogens is 4. The highest BCUT2D eigenvalue weighted by Crippen LogP contribution is 2.16. The molecule has 1 saturated heterocycles. The van der Waals surface area contributed by atoms with Crippen LogP contribution in [0.4, 0.5) is 5.95 Å². The Morgan fingerprint density at radius 2 is 1.92 bits per heavy atom. The van der Waals surface area contributed by atoms with E-state index in [1.807, 2.05) is 33.7 Å². The fourth-order valence-corrected chi connectivity index (χ4v) is 3.27. The fourth-order valence-electron chi connectivity index (χ4n) is 3.27. The van der Waals surface area contributed by atoms with E-state index in [0.29, 0.717) is 25.2 Å². The minimum atomic E-state index is -0.123. The van der Waals surface area contributed by atoms with E-state index in [9.17, 15) is 9.59 Å². The zero-order chi connectivity index (χ0) is 18.1. The van der Waals surface area contributed by atoms with E-state index < -0.39 is 0 Å². The Labute approximate surface area is 150 Å². The summed E-state index contributed by atoms with van der Waals surface area (Å²) in [4.78, 5) is 28.3. The van der Waals surface area contributed by atoms with Crippen LogP contribution in [0.3, 0.4) is 0 Å². The summed E-state index contributed by atoms with van der Waals surface area (Å²) in [5, 5.41) is 8.51. The molecule has 1 aliphatic heterocycles. The Kier molecular flexibility index (Phi) is 4.16. The lowest BCUT2D eigenvalue weighted by Gasteiger charge is -2.22. The largest absolute Gasteiger partial charge is 0.339 e. The monoisotopic (exact) mass is 352 g/mol. The number of amides is 1. The van der Waals surface area contributed by atoms with E-state index in [0.717, 1.165) is 24.6 Å². The number of anilines is 1. The minimum absolute atomic E-state index is 0.0476. The van der Waals surface area contributed by atoms with Crippen LogP contribution in [0.15, 0.2) is 47.5 Å². The Bertz CT molecular complexity index is 1010. The summed E-state index contributed by atoms with van der Waals surface area (Å²) >= 11 is 0. The third kappa shape index (κ3) is 2.94. The van der Waals surface area contributed by atoms with Gasteiger partial charge in [0.25, 0.3) is 5.91 Å². The van der Waals surface area contributed by atoms with Crippen LogP contribution < -0.4 is 10.5 Å². The highest BCUT2D eigenvalue weighted by Gasteiger charge is 2.23. The second-order valence-electron chi connectivity index (χ2n) is 6.43. The van der Waals surface area contributed by atoms with Gasteiger partial charge in [0, 0.05) is 51.7 Å². The van der Waals surface area contributed by atoms with Crippen LogP contribution in [0.2, 0.25) is 0 Å². The third-order valence-corrected chi connectivity index (χ3v) is 4.69. The molecule has 0 aliphatic carbocycles. The number of carbonyl (C=O) groups excluding carboxylic acids is 1. The Morgan fingerprint density at radius 3 is 2.77 bits per heavy atom. The molecule has 0 spiro atoms. The number of carbonyl (C=O) groups is 1. The molecular formula is C18H20N6O2. The number of fused-ring (bicyclic) bond motifs is 1. The van der Waals surface area contributed by atoms with Gasteiger partial charge in [-0.3, -0.25) is 14.0 Å². The molecular weight excluding hydrogens is 332 g/mol. The van der Waals surface area contributed by atoms with Crippen molar-refractivity contribution in [3.63, 3.8) is 0 Å². The molecule has 4 heterocycles. The number of rotatable bonds is 2. The van der Waals surface area contributed by atoms with Crippen LogP contribution >= 0.6 is 0 Å². The molecule has 8 heteroatoms. The third-order valence-electron chi connectivity index (χ3n) is 4.69. The average Bonchev–Trinajstić information content (AvgIpc) is 2.93. The molecule has 1 amide bonds. The molecule has 26 heavy (non-hydrogen) atoms. The summed E-state index contributed by atoms with van der Waals surface area (Å²) in [5.74, 6) is 0.755. The summed E-state index contributed by atoms with van der Waals surface area (Å²) < 4.78 is 3.39. The van der Waals surface area contributed by atoms with Crippen molar-refractivity contribution in [3.05, 3.63) is 58.6 Å². The molecule has 1 aliphatic rings. The molecule has 3 aromatic heterocycles. The molecule has 0 bridgehead atoms. The van der Waals surface area contributed by atoms with E-state index >= 15 is 0 Å². The van der Waals surface area contributed by atoms with Crippen LogP contribution in [0.1, 0.15) is 16.8 Å². The van der Waals surface area contributed by atoms with Crippen molar-refractivity contribution in [1.29, 1.82) is 0 Å². The number of hydrogen-bond acceptors (Lipinski definition) is 5. The Balaban J connectivity index is 1.52. The van der Waals surface area contributed by atoms with Gasteiger partial charge in [0.15, 0.2) is 5.65 Å². The molecule has 0 unspecified atom stereocenters. The molecule has 1 fully saturated rings. The van der Waals surface area contributed by atoms with Gasteiger partial charge in [-0.05, 0) is 24.6 Å². The number of aryl methyl sites for hydroxylation is 1. The summed E-state index contributed by atoms with van der Waals surface area (Å²) in [5.41, 5.74) is 1.22. The lowest BCUT2D eigenvalue weighted by molar-refractivity contribution is 0.0766. The fraction of sp³-hybridized carbons (Fsp3) is 0.333. The van der Waals surface area contributed by atoms with Crippen LogP contribution in [0, 0.1) is 0 Å². The second-order valence-corrected chi connectivity index (χ2v) is 6.43. The van der Waals surface area contributed by atoms with Gasteiger partial charge < -0.3 is 14.4 Å². The van der Waals surface area contributed by atoms with Crippen molar-refractivity contribution in [1.82, 2.24) is 24.1 Å². The smallest absolute Gasteiger partial charge is 0.255 e. The minimum Gasteiger partial charge on any atom is -0.339 e. The maximum atomic E-state index is 12.8. The topological polar surface area (TPSA) is 75.7 Å². The predicted octanol–water partition coefficient (Wildman–Crippen LogP) is 0.780. The van der Waals surface area contributed by atoms with Crippen molar-refractivity contribution in [2.75, 3.05) is 31.1 Å². The molecule has 0 radical (unpaired) electrons. The number of nitrogens with zero attached hydrogens (tertiary/aromatic N) is 6. The van der Waals surface area contributed by atoms with Crippen LogP contribution in [-0.4, -0.2) is 56.2 Å². The summed E-state index contributed by atoms with van der Waals surface area (Å²) in [6.07, 6.45) is 4.39. The zero-order valence-electron chi connectivity index (χ0n) is 14.6. The van der Waals surface area contributed by atoms with Gasteiger partial charge in [-0.25, -0.2) is 0 Å². The highest BCUT2D eigenvalue weighted by atomic mass is 16.2. The van der Waals surface area contributed by atoms with Crippen molar-refractivity contribution >= 4 is 17.5 Å². The van der Waals surface area contributed by atoms with E-state index in [1.54, 1.807) is 19.3 Å². The molecule has 3 aromatic rings. The predicted molar refractivity (Wildman–Crippen MR) is 97.4 cm³/mol. The van der Waals surface area contributed by atoms with Gasteiger partial charge in [0.05, 0.1) is 5.56 Å². The summed E-state index contributed by atoms with van der Waals surface area (Å²) in [6.45, 7) is 2.78. The molecule has 4 rings (SSSR count). The Morgan fingerprint density at radius 1 is 1.04 bits per heavy atom. The van der Waals surface area contributed by atoms with Gasteiger partial charge in [0.1, 0.15) is 0 Å². The lowest BCUT2D eigenvalue weighted by atomic mass is 10.2. The van der Waals surface area contributed by atoms with Crippen molar-refractivity contribution < 1.29 is 4.79 Å². The van der Waals surface area contributed by atoms with Gasteiger partial charge in [-0.15, -0.1) is 10.2 Å². The first-order valence-corrected chi connectivity index (χ1v) is 8.64. The van der Waals surface area contributed by atoms with E-state index in [1.165, 1.54) is 10.6 Å². The van der Waals surface area contributed by atoms with Crippen molar-refractivity contribution in [2.45, 2.75) is 6.42 Å². The highest BCUT2D eigenvalue weighted by molar-refractivity contribution is 5.94. The van der Waals surface area contributed by atoms with Gasteiger partial charge in [-0.1, -0.05) is 6.07 Å². The maximum Gasteiger partial charge on any atom is 0.255 e. The molecule has 0 saturated carbocycles. The standard InChI is InChI=1S/C18H20N6O2/c1-21-13-14(6-7-16(21)25)17(26)22-8-4-9-23(12-11-22)18-20-19-15-5-2-3-10-24(15)18/h2-3,5-7,10,13H,4,8-9,11-12H2,1H3. The van der Waals surface area contributed by atoms with Crippen LogP contribution in [0.25, 0.3) is 5.65 Å². The molecule has 134 valence electrons. The van der Waals surface area contributed by atoms with Crippen molar-refractivity contribution in [3.8, 4) is 0 Å². The summed E-state index contributed by atoms with van der Waals surface area (Å²) in [6, 6.07) is 8.83. The molecule has 8 nitrogen and oxygen atoms in total. The van der Waals surface area contributed by atoms with Gasteiger partial charge >= 0.3 is 0 Å². The quantitative estimate of drug-likeness (QED) is 0.681. The first-order valence-electron chi connectivity index (χ1n) is 8.64. The zero-order valence-corrected chi connectivity index (χ0v) is 14.6. The first kappa shape index (κ1) is 16.3. The van der Waals surface area contributed by atoms with Gasteiger partial charge in [0.2, 0.25) is 11.5 Å². The summed E-state index contributed by atoms with van der Waals surface area (Å²) in [7, 11) is 1.65. The average molecular weight is 352 g/mol. The van der Waals surface area contributed by atoms with E-state index in [4.69, 9.17) is 0 Å². The first-order chi connectivity index (χ1) is 12.6. The maximum absolute atomic E-state index is 12.8.